The summed E-state index contributed by atoms with van der Waals surface area (Å²) in [5.41, 5.74) is 14.7. The summed E-state index contributed by atoms with van der Waals surface area (Å²) in [7, 11) is 2.20. The van der Waals surface area contributed by atoms with Crippen LogP contribution in [-0.4, -0.2) is 7.05 Å². The average molecular weight is 454 g/mol. The predicted molar refractivity (Wildman–Crippen MR) is 150 cm³/mol. The van der Waals surface area contributed by atoms with Gasteiger partial charge in [-0.25, -0.2) is 0 Å². The van der Waals surface area contributed by atoms with E-state index in [9.17, 15) is 0 Å². The summed E-state index contributed by atoms with van der Waals surface area (Å²) in [5, 5.41) is 0. The lowest BCUT2D eigenvalue weighted by atomic mass is 9.86. The van der Waals surface area contributed by atoms with Crippen molar-refractivity contribution in [3.63, 3.8) is 0 Å². The molecule has 0 fully saturated rings. The largest absolute Gasteiger partial charge is 0.348 e. The van der Waals surface area contributed by atoms with Gasteiger partial charge in [-0.2, -0.15) is 0 Å². The van der Waals surface area contributed by atoms with Gasteiger partial charge in [0.05, 0.1) is 0 Å². The highest BCUT2D eigenvalue weighted by atomic mass is 15.1. The van der Waals surface area contributed by atoms with Crippen molar-refractivity contribution in [2.24, 2.45) is 0 Å². The number of rotatable bonds is 5. The lowest BCUT2D eigenvalue weighted by Crippen LogP contribution is -2.17. The molecule has 0 N–H and O–H groups in total. The van der Waals surface area contributed by atoms with Crippen molar-refractivity contribution >= 4 is 11.3 Å². The first-order valence-electron chi connectivity index (χ1n) is 12.7. The summed E-state index contributed by atoms with van der Waals surface area (Å²) in [4.78, 5) is 2.36. The Kier molecular flexibility index (Phi) is 5.62. The van der Waals surface area contributed by atoms with Crippen LogP contribution in [0, 0.1) is 6.92 Å². The van der Waals surface area contributed by atoms with E-state index in [1.54, 1.807) is 0 Å². The van der Waals surface area contributed by atoms with Crippen LogP contribution in [-0.2, 0) is 12.8 Å². The van der Waals surface area contributed by atoms with Crippen LogP contribution in [0.1, 0.15) is 35.1 Å². The molecule has 0 heterocycles. The molecule has 0 spiro atoms. The van der Waals surface area contributed by atoms with Crippen molar-refractivity contribution in [2.45, 2.75) is 32.6 Å². The van der Waals surface area contributed by atoms with Crippen LogP contribution in [0.15, 0.2) is 109 Å². The van der Waals surface area contributed by atoms with E-state index in [2.05, 4.69) is 122 Å². The number of fused-ring (bicyclic) bond motifs is 1. The van der Waals surface area contributed by atoms with Crippen LogP contribution in [0.5, 0.6) is 0 Å². The molecule has 6 rings (SSSR count). The zero-order valence-electron chi connectivity index (χ0n) is 20.6. The predicted octanol–water partition coefficient (Wildman–Crippen LogP) is 8.63. The van der Waals surface area contributed by atoms with Gasteiger partial charge < -0.3 is 4.90 Å². The Morgan fingerprint density at radius 2 is 1.29 bits per heavy atom. The first kappa shape index (κ1) is 21.7. The van der Waals surface area contributed by atoms with E-state index >= 15 is 0 Å². The summed E-state index contributed by atoms with van der Waals surface area (Å²) in [5.74, 6) is 0. The molecular weight excluding hydrogens is 422 g/mol. The quantitative estimate of drug-likeness (QED) is 0.292. The fraction of sp³-hybridized carbons (Fsp3) is 0.176. The molecule has 2 aliphatic rings. The van der Waals surface area contributed by atoms with E-state index in [0.29, 0.717) is 0 Å². The van der Waals surface area contributed by atoms with Crippen LogP contribution in [0.25, 0.3) is 27.8 Å². The Balaban J connectivity index is 1.27. The van der Waals surface area contributed by atoms with Crippen molar-refractivity contribution < 1.29 is 0 Å². The van der Waals surface area contributed by atoms with Gasteiger partial charge in [0.15, 0.2) is 0 Å². The molecule has 35 heavy (non-hydrogen) atoms. The highest BCUT2D eigenvalue weighted by Gasteiger charge is 2.16. The molecule has 1 nitrogen and oxygen atoms in total. The van der Waals surface area contributed by atoms with Gasteiger partial charge in [0.2, 0.25) is 0 Å². The highest BCUT2D eigenvalue weighted by molar-refractivity contribution is 5.80. The Bertz CT molecular complexity index is 1470. The van der Waals surface area contributed by atoms with E-state index in [4.69, 9.17) is 0 Å². The van der Waals surface area contributed by atoms with Gasteiger partial charge in [0, 0.05) is 18.4 Å². The number of nitrogens with zero attached hydrogens (tertiary/aromatic N) is 1. The SMILES string of the molecule is Cc1cccc(-c2cccc(C3=CCCC(N(C)c4cccc(-c5ccc6c(c5)CC6)c4)=C3)c2)c1. The molecule has 0 saturated heterocycles. The summed E-state index contributed by atoms with van der Waals surface area (Å²) in [6, 6.07) is 33.6. The van der Waals surface area contributed by atoms with Crippen LogP contribution in [0.3, 0.4) is 0 Å². The van der Waals surface area contributed by atoms with Crippen LogP contribution in [0.4, 0.5) is 5.69 Å². The molecule has 2 aliphatic carbocycles. The van der Waals surface area contributed by atoms with Crippen LogP contribution < -0.4 is 4.90 Å². The lowest BCUT2D eigenvalue weighted by Gasteiger charge is -2.26. The van der Waals surface area contributed by atoms with Crippen LogP contribution in [0.2, 0.25) is 0 Å². The number of hydrogen-bond donors (Lipinski definition) is 0. The maximum atomic E-state index is 2.38. The number of aryl methyl sites for hydroxylation is 3. The van der Waals surface area contributed by atoms with Crippen molar-refractivity contribution in [3.8, 4) is 22.3 Å². The standard InChI is InChI=1S/C34H31N/c1-24-7-3-8-26(19-24)27-9-4-10-28(20-27)29-11-5-13-33(22-29)35(2)34-14-6-12-30(23-34)32-18-16-25-15-17-31(25)21-32/h3-4,6-12,14,16,18-23H,5,13,15,17H2,1-2H3. The van der Waals surface area contributed by atoms with E-state index in [-0.39, 0.29) is 0 Å². The Morgan fingerprint density at radius 3 is 2.06 bits per heavy atom. The summed E-state index contributed by atoms with van der Waals surface area (Å²) in [6.45, 7) is 2.15. The minimum absolute atomic E-state index is 1.06. The zero-order chi connectivity index (χ0) is 23.8. The van der Waals surface area contributed by atoms with E-state index in [1.807, 2.05) is 0 Å². The van der Waals surface area contributed by atoms with E-state index in [1.165, 1.54) is 74.3 Å². The second kappa shape index (κ2) is 9.07. The molecule has 0 atom stereocenters. The Labute approximate surface area is 209 Å². The molecule has 0 saturated carbocycles. The average Bonchev–Trinajstić information content (AvgIpc) is 2.89. The topological polar surface area (TPSA) is 3.24 Å². The second-order valence-electron chi connectivity index (χ2n) is 9.88. The van der Waals surface area contributed by atoms with Crippen molar-refractivity contribution in [1.29, 1.82) is 0 Å². The number of hydrogen-bond acceptors (Lipinski definition) is 1. The molecule has 0 bridgehead atoms. The Morgan fingerprint density at radius 1 is 0.600 bits per heavy atom. The smallest absolute Gasteiger partial charge is 0.0411 e. The molecule has 0 aromatic heterocycles. The fourth-order valence-corrected chi connectivity index (χ4v) is 5.29. The number of anilines is 1. The fourth-order valence-electron chi connectivity index (χ4n) is 5.29. The first-order valence-corrected chi connectivity index (χ1v) is 12.7. The van der Waals surface area contributed by atoms with Gasteiger partial charge >= 0.3 is 0 Å². The molecule has 0 radical (unpaired) electrons. The maximum absolute atomic E-state index is 2.38. The minimum Gasteiger partial charge on any atom is -0.348 e. The summed E-state index contributed by atoms with van der Waals surface area (Å²) in [6.07, 6.45) is 9.32. The van der Waals surface area contributed by atoms with Crippen molar-refractivity contribution in [3.05, 3.63) is 131 Å². The number of allylic oxidation sites excluding steroid dienone is 4. The second-order valence-corrected chi connectivity index (χ2v) is 9.88. The summed E-state index contributed by atoms with van der Waals surface area (Å²) < 4.78 is 0. The van der Waals surface area contributed by atoms with Gasteiger partial charge in [-0.3, -0.25) is 0 Å². The van der Waals surface area contributed by atoms with Crippen LogP contribution >= 0.6 is 0 Å². The summed E-state index contributed by atoms with van der Waals surface area (Å²) >= 11 is 0. The van der Waals surface area contributed by atoms with Crippen molar-refractivity contribution in [1.82, 2.24) is 0 Å². The van der Waals surface area contributed by atoms with E-state index in [0.717, 1.165) is 12.8 Å². The molecule has 172 valence electrons. The van der Waals surface area contributed by atoms with Gasteiger partial charge in [0.1, 0.15) is 0 Å². The van der Waals surface area contributed by atoms with Gasteiger partial charge in [-0.05, 0) is 101 Å². The Hall–Kier alpha value is -3.84. The first-order chi connectivity index (χ1) is 17.1. The minimum atomic E-state index is 1.06. The van der Waals surface area contributed by atoms with Crippen molar-refractivity contribution in [2.75, 3.05) is 11.9 Å². The normalized spacial score (nSPS) is 14.5. The molecule has 0 aliphatic heterocycles. The van der Waals surface area contributed by atoms with Gasteiger partial charge in [-0.15, -0.1) is 0 Å². The molecule has 0 unspecified atom stereocenters. The highest BCUT2D eigenvalue weighted by Crippen LogP contribution is 2.34. The third kappa shape index (κ3) is 4.35. The third-order valence-electron chi connectivity index (χ3n) is 7.50. The van der Waals surface area contributed by atoms with Gasteiger partial charge in [-0.1, -0.05) is 84.4 Å². The molecule has 1 heteroatoms. The monoisotopic (exact) mass is 453 g/mol. The third-order valence-corrected chi connectivity index (χ3v) is 7.50. The van der Waals surface area contributed by atoms with E-state index < -0.39 is 0 Å². The molecule has 4 aromatic carbocycles. The lowest BCUT2D eigenvalue weighted by molar-refractivity contribution is 0.840. The number of benzene rings is 4. The molecule has 4 aromatic rings. The molecular formula is C34H31N. The zero-order valence-corrected chi connectivity index (χ0v) is 20.6. The maximum Gasteiger partial charge on any atom is 0.0411 e. The van der Waals surface area contributed by atoms with Gasteiger partial charge in [0.25, 0.3) is 0 Å². The molecule has 0 amide bonds.